The van der Waals surface area contributed by atoms with Crippen molar-refractivity contribution >= 4 is 17.9 Å². The first-order valence-electron chi connectivity index (χ1n) is 9.77. The third kappa shape index (κ3) is 6.85. The summed E-state index contributed by atoms with van der Waals surface area (Å²) in [6, 6.07) is 10.3. The van der Waals surface area contributed by atoms with E-state index in [1.54, 1.807) is 0 Å². The molecule has 0 aliphatic carbocycles. The summed E-state index contributed by atoms with van der Waals surface area (Å²) in [5.74, 6) is -0.306. The van der Waals surface area contributed by atoms with Crippen LogP contribution in [0, 0.1) is 0 Å². The van der Waals surface area contributed by atoms with Gasteiger partial charge in [0.1, 0.15) is 6.26 Å². The number of piperazine rings is 1. The van der Waals surface area contributed by atoms with Crippen LogP contribution in [0.2, 0.25) is 0 Å². The lowest BCUT2D eigenvalue weighted by Crippen LogP contribution is -2.45. The number of nitrogens with one attached hydrogen (secondary N) is 1. The zero-order valence-electron chi connectivity index (χ0n) is 16.4. The van der Waals surface area contributed by atoms with Crippen molar-refractivity contribution in [3.8, 4) is 0 Å². The molecular formula is C21H27N5O3. The zero-order chi connectivity index (χ0) is 20.5. The number of nitrogens with zero attached hydrogens (tertiary/aromatic N) is 3. The van der Waals surface area contributed by atoms with E-state index in [1.807, 2.05) is 18.2 Å². The number of amides is 2. The first-order chi connectivity index (χ1) is 14.1. The van der Waals surface area contributed by atoms with E-state index in [0.717, 1.165) is 32.7 Å². The van der Waals surface area contributed by atoms with E-state index in [4.69, 9.17) is 10.2 Å². The van der Waals surface area contributed by atoms with Crippen molar-refractivity contribution in [3.63, 3.8) is 0 Å². The number of nitrogens with two attached hydrogens (primary N) is 1. The molecule has 1 aliphatic rings. The third-order valence-electron chi connectivity index (χ3n) is 4.74. The highest BCUT2D eigenvalue weighted by molar-refractivity contribution is 5.92. The molecule has 3 rings (SSSR count). The summed E-state index contributed by atoms with van der Waals surface area (Å²) < 4.78 is 5.43. The lowest BCUT2D eigenvalue weighted by atomic mass is 10.2. The van der Waals surface area contributed by atoms with Gasteiger partial charge in [-0.1, -0.05) is 42.5 Å². The van der Waals surface area contributed by atoms with E-state index >= 15 is 0 Å². The van der Waals surface area contributed by atoms with Gasteiger partial charge in [0, 0.05) is 45.7 Å². The van der Waals surface area contributed by atoms with Gasteiger partial charge >= 0.3 is 0 Å². The SMILES string of the molecule is NC(=O)CCNC(=O)c1coc(CN2CCN(CC=Cc3ccccc3)CC2)n1. The van der Waals surface area contributed by atoms with Crippen molar-refractivity contribution in [1.29, 1.82) is 0 Å². The number of rotatable bonds is 9. The Balaban J connectivity index is 1.38. The third-order valence-corrected chi connectivity index (χ3v) is 4.74. The first-order valence-corrected chi connectivity index (χ1v) is 9.77. The highest BCUT2D eigenvalue weighted by atomic mass is 16.3. The number of hydrogen-bond acceptors (Lipinski definition) is 6. The van der Waals surface area contributed by atoms with Gasteiger partial charge in [-0.15, -0.1) is 0 Å². The minimum Gasteiger partial charge on any atom is -0.447 e. The summed E-state index contributed by atoms with van der Waals surface area (Å²) in [5, 5.41) is 2.60. The molecule has 1 fully saturated rings. The number of carbonyl (C=O) groups excluding carboxylic acids is 2. The van der Waals surface area contributed by atoms with Crippen molar-refractivity contribution in [1.82, 2.24) is 20.1 Å². The Kier molecular flexibility index (Phi) is 7.54. The fraction of sp³-hybridized carbons (Fsp3) is 0.381. The van der Waals surface area contributed by atoms with Gasteiger partial charge < -0.3 is 15.5 Å². The van der Waals surface area contributed by atoms with Crippen LogP contribution in [-0.4, -0.2) is 65.9 Å². The van der Waals surface area contributed by atoms with E-state index < -0.39 is 5.91 Å². The quantitative estimate of drug-likeness (QED) is 0.657. The molecule has 1 aromatic heterocycles. The molecule has 0 unspecified atom stereocenters. The molecule has 2 amide bonds. The molecule has 3 N–H and O–H groups in total. The predicted molar refractivity (Wildman–Crippen MR) is 110 cm³/mol. The Morgan fingerprint density at radius 3 is 2.59 bits per heavy atom. The molecule has 29 heavy (non-hydrogen) atoms. The van der Waals surface area contributed by atoms with E-state index in [-0.39, 0.29) is 24.6 Å². The maximum Gasteiger partial charge on any atom is 0.273 e. The molecule has 0 radical (unpaired) electrons. The number of aromatic nitrogens is 1. The molecule has 154 valence electrons. The van der Waals surface area contributed by atoms with Gasteiger partial charge in [-0.05, 0) is 5.56 Å². The summed E-state index contributed by atoms with van der Waals surface area (Å²) in [4.78, 5) is 31.6. The maximum absolute atomic E-state index is 12.0. The van der Waals surface area contributed by atoms with Crippen molar-refractivity contribution in [2.24, 2.45) is 5.73 Å². The molecule has 2 aromatic rings. The summed E-state index contributed by atoms with van der Waals surface area (Å²) >= 11 is 0. The van der Waals surface area contributed by atoms with Crippen LogP contribution in [0.15, 0.2) is 47.1 Å². The number of primary amides is 1. The van der Waals surface area contributed by atoms with Crippen LogP contribution in [0.4, 0.5) is 0 Å². The second kappa shape index (κ2) is 10.5. The van der Waals surface area contributed by atoms with Crippen LogP contribution < -0.4 is 11.1 Å². The monoisotopic (exact) mass is 397 g/mol. The number of carbonyl (C=O) groups is 2. The van der Waals surface area contributed by atoms with E-state index in [9.17, 15) is 9.59 Å². The van der Waals surface area contributed by atoms with Gasteiger partial charge in [-0.3, -0.25) is 19.4 Å². The van der Waals surface area contributed by atoms with E-state index in [0.29, 0.717) is 12.4 Å². The molecular weight excluding hydrogens is 370 g/mol. The van der Waals surface area contributed by atoms with Gasteiger partial charge in [-0.25, -0.2) is 4.98 Å². The topological polar surface area (TPSA) is 105 Å². The molecule has 2 heterocycles. The van der Waals surface area contributed by atoms with Gasteiger partial charge in [0.05, 0.1) is 6.54 Å². The smallest absolute Gasteiger partial charge is 0.273 e. The normalized spacial score (nSPS) is 15.6. The molecule has 0 bridgehead atoms. The van der Waals surface area contributed by atoms with Crippen LogP contribution in [-0.2, 0) is 11.3 Å². The Labute approximate surface area is 170 Å². The van der Waals surface area contributed by atoms with Crippen molar-refractivity contribution in [3.05, 3.63) is 59.8 Å². The second-order valence-corrected chi connectivity index (χ2v) is 6.99. The van der Waals surface area contributed by atoms with Gasteiger partial charge in [0.15, 0.2) is 5.69 Å². The van der Waals surface area contributed by atoms with Crippen molar-refractivity contribution < 1.29 is 14.0 Å². The second-order valence-electron chi connectivity index (χ2n) is 6.99. The highest BCUT2D eigenvalue weighted by Gasteiger charge is 2.19. The van der Waals surface area contributed by atoms with Gasteiger partial charge in [0.25, 0.3) is 5.91 Å². The molecule has 8 heteroatoms. The fourth-order valence-corrected chi connectivity index (χ4v) is 3.10. The van der Waals surface area contributed by atoms with Gasteiger partial charge in [0.2, 0.25) is 11.8 Å². The summed E-state index contributed by atoms with van der Waals surface area (Å²) in [6.45, 7) is 5.47. The summed E-state index contributed by atoms with van der Waals surface area (Å²) in [7, 11) is 0. The van der Waals surface area contributed by atoms with Gasteiger partial charge in [-0.2, -0.15) is 0 Å². The average Bonchev–Trinajstić information content (AvgIpc) is 3.18. The standard InChI is InChI=1S/C21H27N5O3/c22-19(27)8-9-23-21(28)18-16-29-20(24-18)15-26-13-11-25(12-14-26)10-4-7-17-5-2-1-3-6-17/h1-7,16H,8-15H2,(H2,22,27)(H,23,28). The van der Waals surface area contributed by atoms with Crippen LogP contribution in [0.3, 0.4) is 0 Å². The molecule has 0 atom stereocenters. The predicted octanol–water partition coefficient (Wildman–Crippen LogP) is 1.11. The van der Waals surface area contributed by atoms with Crippen LogP contribution in [0.5, 0.6) is 0 Å². The van der Waals surface area contributed by atoms with Crippen LogP contribution in [0.1, 0.15) is 28.4 Å². The van der Waals surface area contributed by atoms with Crippen molar-refractivity contribution in [2.75, 3.05) is 39.3 Å². The maximum atomic E-state index is 12.0. The summed E-state index contributed by atoms with van der Waals surface area (Å²) in [5.41, 5.74) is 6.48. The molecule has 1 saturated heterocycles. The Bertz CT molecular complexity index is 826. The molecule has 1 aliphatic heterocycles. The lowest BCUT2D eigenvalue weighted by molar-refractivity contribution is -0.117. The highest BCUT2D eigenvalue weighted by Crippen LogP contribution is 2.10. The van der Waals surface area contributed by atoms with E-state index in [2.05, 4.69) is 44.4 Å². The number of hydrogen-bond donors (Lipinski definition) is 2. The fourth-order valence-electron chi connectivity index (χ4n) is 3.10. The van der Waals surface area contributed by atoms with Crippen molar-refractivity contribution in [2.45, 2.75) is 13.0 Å². The van der Waals surface area contributed by atoms with Crippen LogP contribution in [0.25, 0.3) is 6.08 Å². The largest absolute Gasteiger partial charge is 0.447 e. The molecule has 8 nitrogen and oxygen atoms in total. The number of benzene rings is 1. The first kappa shape index (κ1) is 20.8. The molecule has 0 spiro atoms. The minimum atomic E-state index is -0.458. The Morgan fingerprint density at radius 1 is 1.14 bits per heavy atom. The van der Waals surface area contributed by atoms with E-state index in [1.165, 1.54) is 11.8 Å². The molecule has 0 saturated carbocycles. The number of oxazole rings is 1. The lowest BCUT2D eigenvalue weighted by Gasteiger charge is -2.33. The zero-order valence-corrected chi connectivity index (χ0v) is 16.4. The minimum absolute atomic E-state index is 0.0985. The Hall–Kier alpha value is -2.97. The summed E-state index contributed by atoms with van der Waals surface area (Å²) in [6.07, 6.45) is 5.79. The molecule has 1 aromatic carbocycles. The Morgan fingerprint density at radius 2 is 1.86 bits per heavy atom. The average molecular weight is 397 g/mol. The van der Waals surface area contributed by atoms with Crippen LogP contribution >= 0.6 is 0 Å².